The van der Waals surface area contributed by atoms with Gasteiger partial charge in [-0.15, -0.1) is 0 Å². The van der Waals surface area contributed by atoms with Crippen LogP contribution in [-0.4, -0.2) is 10.7 Å². The maximum Gasteiger partial charge on any atom is 0.132 e. The summed E-state index contributed by atoms with van der Waals surface area (Å²) in [7, 11) is 0. The van der Waals surface area contributed by atoms with E-state index in [1.54, 1.807) is 0 Å². The Hall–Kier alpha value is -2.86. The fraction of sp³-hybridized carbons (Fsp3) is 0.286. The van der Waals surface area contributed by atoms with Gasteiger partial charge in [-0.2, -0.15) is 0 Å². The molecule has 1 saturated heterocycles. The largest absolute Gasteiger partial charge is 0.377 e. The van der Waals surface area contributed by atoms with Crippen LogP contribution in [0.3, 0.4) is 0 Å². The van der Waals surface area contributed by atoms with Crippen LogP contribution < -0.4 is 5.32 Å². The lowest BCUT2D eigenvalue weighted by Crippen LogP contribution is -2.51. The van der Waals surface area contributed by atoms with Crippen molar-refractivity contribution in [2.24, 2.45) is 5.92 Å². The number of aliphatic hydroxyl groups is 1. The molecule has 0 saturated carbocycles. The third-order valence-electron chi connectivity index (χ3n) is 6.26. The van der Waals surface area contributed by atoms with E-state index < -0.39 is 5.60 Å². The quantitative estimate of drug-likeness (QED) is 0.562. The zero-order chi connectivity index (χ0) is 21.1. The van der Waals surface area contributed by atoms with E-state index in [1.807, 2.05) is 30.3 Å². The van der Waals surface area contributed by atoms with Gasteiger partial charge in [0.1, 0.15) is 5.60 Å². The van der Waals surface area contributed by atoms with Crippen LogP contribution in [-0.2, 0) is 0 Å². The van der Waals surface area contributed by atoms with Gasteiger partial charge in [-0.05, 0) is 37.1 Å². The minimum Gasteiger partial charge on any atom is -0.377 e. The summed E-state index contributed by atoms with van der Waals surface area (Å²) >= 11 is 0. The molecule has 0 radical (unpaired) electrons. The van der Waals surface area contributed by atoms with Crippen LogP contribution >= 0.6 is 0 Å². The van der Waals surface area contributed by atoms with E-state index in [4.69, 9.17) is 0 Å². The highest BCUT2D eigenvalue weighted by Gasteiger charge is 2.45. The van der Waals surface area contributed by atoms with Gasteiger partial charge in [-0.25, -0.2) is 0 Å². The smallest absolute Gasteiger partial charge is 0.132 e. The second kappa shape index (κ2) is 8.48. The Labute approximate surface area is 180 Å². The van der Waals surface area contributed by atoms with Gasteiger partial charge in [-0.3, -0.25) is 0 Å². The van der Waals surface area contributed by atoms with E-state index >= 15 is 0 Å². The number of piperidine rings is 1. The van der Waals surface area contributed by atoms with Gasteiger partial charge < -0.3 is 10.4 Å². The molecule has 3 aromatic carbocycles. The molecule has 2 N–H and O–H groups in total. The molecule has 1 aliphatic heterocycles. The van der Waals surface area contributed by atoms with Crippen molar-refractivity contribution in [1.82, 2.24) is 5.32 Å². The maximum atomic E-state index is 11.8. The third kappa shape index (κ3) is 4.33. The molecular formula is C28H29NO. The lowest BCUT2D eigenvalue weighted by atomic mass is 9.72. The van der Waals surface area contributed by atoms with Crippen LogP contribution in [0.1, 0.15) is 53.2 Å². The Morgan fingerprint density at radius 1 is 0.833 bits per heavy atom. The van der Waals surface area contributed by atoms with E-state index in [2.05, 4.69) is 86.5 Å². The highest BCUT2D eigenvalue weighted by molar-refractivity contribution is 5.39. The number of benzene rings is 3. The topological polar surface area (TPSA) is 32.3 Å². The van der Waals surface area contributed by atoms with Crippen molar-refractivity contribution < 1.29 is 5.11 Å². The summed E-state index contributed by atoms with van der Waals surface area (Å²) < 4.78 is 0. The molecule has 1 aliphatic rings. The van der Waals surface area contributed by atoms with E-state index in [9.17, 15) is 5.11 Å². The van der Waals surface area contributed by atoms with Gasteiger partial charge in [0.25, 0.3) is 0 Å². The van der Waals surface area contributed by atoms with Crippen LogP contribution in [0.15, 0.2) is 78.9 Å². The number of hydrogen-bond donors (Lipinski definition) is 2. The first-order chi connectivity index (χ1) is 14.4. The van der Waals surface area contributed by atoms with Crippen LogP contribution in [0.4, 0.5) is 0 Å². The molecular weight excluding hydrogens is 366 g/mol. The van der Waals surface area contributed by atoms with Gasteiger partial charge in [0.2, 0.25) is 0 Å². The molecule has 152 valence electrons. The van der Waals surface area contributed by atoms with Crippen molar-refractivity contribution in [3.05, 3.63) is 107 Å². The SMILES string of the molecule is Cc1ccc([C@H]2C[C@@](O)(C#Cc3ccccc3)[C@H](C)[C@H](c3ccc(C)cc3)N2)cc1. The molecule has 3 aromatic rings. The predicted molar refractivity (Wildman–Crippen MR) is 123 cm³/mol. The molecule has 1 fully saturated rings. The number of rotatable bonds is 2. The fourth-order valence-electron chi connectivity index (χ4n) is 4.23. The Kier molecular flexibility index (Phi) is 5.77. The minimum atomic E-state index is -1.09. The Morgan fingerprint density at radius 2 is 1.40 bits per heavy atom. The van der Waals surface area contributed by atoms with Crippen molar-refractivity contribution in [2.45, 2.75) is 44.9 Å². The van der Waals surface area contributed by atoms with Crippen molar-refractivity contribution in [2.75, 3.05) is 0 Å². The molecule has 4 atom stereocenters. The number of nitrogens with one attached hydrogen (secondary N) is 1. The minimum absolute atomic E-state index is 0.0146. The molecule has 0 unspecified atom stereocenters. The highest BCUT2D eigenvalue weighted by atomic mass is 16.3. The van der Waals surface area contributed by atoms with Crippen molar-refractivity contribution >= 4 is 0 Å². The number of hydrogen-bond acceptors (Lipinski definition) is 2. The third-order valence-corrected chi connectivity index (χ3v) is 6.26. The monoisotopic (exact) mass is 395 g/mol. The molecule has 2 heteroatoms. The van der Waals surface area contributed by atoms with Crippen LogP contribution in [0.25, 0.3) is 0 Å². The van der Waals surface area contributed by atoms with Crippen LogP contribution in [0.5, 0.6) is 0 Å². The summed E-state index contributed by atoms with van der Waals surface area (Å²) in [5.41, 5.74) is 4.67. The van der Waals surface area contributed by atoms with E-state index in [0.717, 1.165) is 5.56 Å². The Balaban J connectivity index is 1.73. The summed E-state index contributed by atoms with van der Waals surface area (Å²) in [6.45, 7) is 6.29. The molecule has 0 spiro atoms. The first-order valence-electron chi connectivity index (χ1n) is 10.6. The Morgan fingerprint density at radius 3 is 2.00 bits per heavy atom. The summed E-state index contributed by atoms with van der Waals surface area (Å²) in [5, 5.41) is 15.6. The fourth-order valence-corrected chi connectivity index (χ4v) is 4.23. The van der Waals surface area contributed by atoms with Crippen LogP contribution in [0, 0.1) is 31.6 Å². The highest BCUT2D eigenvalue weighted by Crippen LogP contribution is 2.43. The first kappa shape index (κ1) is 20.4. The van der Waals surface area contributed by atoms with Crippen molar-refractivity contribution in [1.29, 1.82) is 0 Å². The van der Waals surface area contributed by atoms with Gasteiger partial charge in [0.05, 0.1) is 0 Å². The summed E-state index contributed by atoms with van der Waals surface area (Å²) in [6, 6.07) is 27.1. The standard InChI is InChI=1S/C28H29NO/c1-20-9-13-24(14-10-20)26-19-28(30,18-17-23-7-5-4-6-8-23)22(3)27(29-26)25-15-11-21(2)12-16-25/h4-16,22,26-27,29-30H,19H2,1-3H3/t22-,26-,27-,28+/m1/s1. The zero-order valence-electron chi connectivity index (χ0n) is 17.9. The molecule has 0 amide bonds. The molecule has 0 bridgehead atoms. The summed E-state index contributed by atoms with van der Waals surface area (Å²) in [5.74, 6) is 6.41. The molecule has 30 heavy (non-hydrogen) atoms. The second-order valence-corrected chi connectivity index (χ2v) is 8.55. The van der Waals surface area contributed by atoms with Crippen molar-refractivity contribution in [3.63, 3.8) is 0 Å². The van der Waals surface area contributed by atoms with Crippen LogP contribution in [0.2, 0.25) is 0 Å². The maximum absolute atomic E-state index is 11.8. The first-order valence-corrected chi connectivity index (χ1v) is 10.6. The van der Waals surface area contributed by atoms with E-state index in [0.29, 0.717) is 6.42 Å². The lowest BCUT2D eigenvalue weighted by molar-refractivity contribution is -0.0196. The second-order valence-electron chi connectivity index (χ2n) is 8.55. The number of aryl methyl sites for hydroxylation is 2. The molecule has 1 heterocycles. The molecule has 4 rings (SSSR count). The Bertz CT molecular complexity index is 1040. The van der Waals surface area contributed by atoms with Gasteiger partial charge >= 0.3 is 0 Å². The summed E-state index contributed by atoms with van der Waals surface area (Å²) in [6.07, 6.45) is 0.555. The average molecular weight is 396 g/mol. The molecule has 2 nitrogen and oxygen atoms in total. The molecule has 0 aliphatic carbocycles. The van der Waals surface area contributed by atoms with Gasteiger partial charge in [0.15, 0.2) is 0 Å². The summed E-state index contributed by atoms with van der Waals surface area (Å²) in [4.78, 5) is 0. The van der Waals surface area contributed by atoms with Crippen molar-refractivity contribution in [3.8, 4) is 11.8 Å². The predicted octanol–water partition coefficient (Wildman–Crippen LogP) is 5.50. The van der Waals surface area contributed by atoms with E-state index in [-0.39, 0.29) is 18.0 Å². The lowest BCUT2D eigenvalue weighted by Gasteiger charge is -2.45. The normalized spacial score (nSPS) is 25.9. The van der Waals surface area contributed by atoms with Gasteiger partial charge in [-0.1, -0.05) is 96.6 Å². The molecule has 0 aromatic heterocycles. The van der Waals surface area contributed by atoms with E-state index in [1.165, 1.54) is 22.3 Å². The average Bonchev–Trinajstić information content (AvgIpc) is 2.76. The van der Waals surface area contributed by atoms with Gasteiger partial charge in [0, 0.05) is 30.0 Å². The zero-order valence-corrected chi connectivity index (χ0v) is 17.9.